The zero-order valence-corrected chi connectivity index (χ0v) is 31.9. The molecular formula is C54H29N5O. The van der Waals surface area contributed by atoms with Crippen molar-refractivity contribution in [2.45, 2.75) is 0 Å². The fraction of sp³-hybridized carbons (Fsp3) is 0. The van der Waals surface area contributed by atoms with Crippen LogP contribution in [0.5, 0.6) is 0 Å². The lowest BCUT2D eigenvalue weighted by molar-refractivity contribution is 0.669. The van der Waals surface area contributed by atoms with Crippen LogP contribution in [0.25, 0.3) is 120 Å². The maximum Gasteiger partial charge on any atom is 0.212 e. The molecule has 0 unspecified atom stereocenters. The number of hydrogen-bond donors (Lipinski definition) is 0. The summed E-state index contributed by atoms with van der Waals surface area (Å²) >= 11 is 0. The van der Waals surface area contributed by atoms with E-state index < -0.39 is 0 Å². The van der Waals surface area contributed by atoms with Gasteiger partial charge in [-0.15, -0.1) is 0 Å². The summed E-state index contributed by atoms with van der Waals surface area (Å²) < 4.78 is 13.0. The molecule has 0 N–H and O–H groups in total. The molecule has 6 nitrogen and oxygen atoms in total. The molecule has 276 valence electrons. The maximum absolute atomic E-state index is 11.1. The van der Waals surface area contributed by atoms with Gasteiger partial charge in [0.1, 0.15) is 17.2 Å². The average molecular weight is 764 g/mol. The molecule has 0 amide bonds. The predicted octanol–water partition coefficient (Wildman–Crippen LogP) is 14.5. The number of nitriles is 1. The minimum Gasteiger partial charge on any atom is -0.456 e. The first-order valence-corrected chi connectivity index (χ1v) is 19.9. The summed E-state index contributed by atoms with van der Waals surface area (Å²) in [6, 6.07) is 63.5. The van der Waals surface area contributed by atoms with Crippen molar-refractivity contribution in [2.75, 3.05) is 0 Å². The van der Waals surface area contributed by atoms with Crippen LogP contribution in [0, 0.1) is 17.9 Å². The monoisotopic (exact) mass is 763 g/mol. The fourth-order valence-corrected chi connectivity index (χ4v) is 9.93. The molecule has 60 heavy (non-hydrogen) atoms. The highest BCUT2D eigenvalue weighted by atomic mass is 16.3. The van der Waals surface area contributed by atoms with E-state index in [1.807, 2.05) is 42.5 Å². The van der Waals surface area contributed by atoms with Crippen LogP contribution in [0.4, 0.5) is 5.69 Å². The van der Waals surface area contributed by atoms with Gasteiger partial charge in [-0.3, -0.25) is 0 Å². The highest BCUT2D eigenvalue weighted by Crippen LogP contribution is 2.44. The summed E-state index contributed by atoms with van der Waals surface area (Å²) in [5, 5.41) is 22.1. The molecule has 0 spiro atoms. The molecule has 0 saturated heterocycles. The summed E-state index contributed by atoms with van der Waals surface area (Å²) in [4.78, 5) is 4.18. The Kier molecular flexibility index (Phi) is 6.48. The van der Waals surface area contributed by atoms with Gasteiger partial charge in [-0.05, 0) is 77.5 Å². The van der Waals surface area contributed by atoms with Gasteiger partial charge in [0, 0.05) is 54.8 Å². The maximum atomic E-state index is 11.1. The summed E-state index contributed by atoms with van der Waals surface area (Å²) in [5.41, 5.74) is 10.9. The Morgan fingerprint density at radius 1 is 0.433 bits per heavy atom. The molecule has 13 rings (SSSR count). The van der Waals surface area contributed by atoms with Crippen LogP contribution in [-0.4, -0.2) is 13.7 Å². The van der Waals surface area contributed by atoms with Crippen LogP contribution in [0.2, 0.25) is 0 Å². The molecule has 0 aliphatic carbocycles. The zero-order valence-electron chi connectivity index (χ0n) is 31.9. The van der Waals surface area contributed by atoms with Gasteiger partial charge in [0.25, 0.3) is 0 Å². The molecular weight excluding hydrogens is 735 g/mol. The summed E-state index contributed by atoms with van der Waals surface area (Å²) in [6.45, 7) is 8.63. The predicted molar refractivity (Wildman–Crippen MR) is 245 cm³/mol. The largest absolute Gasteiger partial charge is 0.456 e. The van der Waals surface area contributed by atoms with Crippen molar-refractivity contribution >= 4 is 104 Å². The summed E-state index contributed by atoms with van der Waals surface area (Å²) in [7, 11) is 0. The average Bonchev–Trinajstić information content (AvgIpc) is 4.03. The van der Waals surface area contributed by atoms with Gasteiger partial charge in [0.15, 0.2) is 0 Å². The van der Waals surface area contributed by atoms with Gasteiger partial charge in [0.2, 0.25) is 5.69 Å². The van der Waals surface area contributed by atoms with Crippen LogP contribution < -0.4 is 0 Å². The first-order valence-electron chi connectivity index (χ1n) is 19.9. The molecule has 0 saturated carbocycles. The van der Waals surface area contributed by atoms with E-state index in [4.69, 9.17) is 11.0 Å². The Labute approximate surface area is 342 Å². The van der Waals surface area contributed by atoms with Crippen molar-refractivity contribution in [1.82, 2.24) is 13.7 Å². The van der Waals surface area contributed by atoms with Crippen molar-refractivity contribution in [3.63, 3.8) is 0 Å². The van der Waals surface area contributed by atoms with Gasteiger partial charge in [-0.25, -0.2) is 4.85 Å². The number of nitrogens with zero attached hydrogens (tertiary/aromatic N) is 5. The van der Waals surface area contributed by atoms with Gasteiger partial charge < -0.3 is 18.1 Å². The Morgan fingerprint density at radius 3 is 1.77 bits per heavy atom. The number of rotatable bonds is 3. The minimum atomic E-state index is 0.439. The first-order chi connectivity index (χ1) is 29.7. The van der Waals surface area contributed by atoms with E-state index in [0.29, 0.717) is 22.6 Å². The number of hydrogen-bond acceptors (Lipinski definition) is 2. The number of furan rings is 1. The van der Waals surface area contributed by atoms with E-state index in [-0.39, 0.29) is 0 Å². The molecule has 13 aromatic rings. The molecule has 0 bridgehead atoms. The third-order valence-corrected chi connectivity index (χ3v) is 12.5. The lowest BCUT2D eigenvalue weighted by Gasteiger charge is -2.16. The van der Waals surface area contributed by atoms with Crippen molar-refractivity contribution in [2.24, 2.45) is 0 Å². The lowest BCUT2D eigenvalue weighted by atomic mass is 10.0. The number of fused-ring (bicyclic) bond motifs is 14. The van der Waals surface area contributed by atoms with E-state index in [9.17, 15) is 5.26 Å². The standard InChI is InChI=1S/C54H29N5O/c1-56-43-29-49(33(31-55)26-51(43)59-46-20-10-6-16-38(46)40-28-41-39-17-7-11-21-52(39)60-53(41)30-50(40)59)58-47-25-23-34(27-42(47)54-35-13-3-2-12-32(35)22-24-48(54)58)57-44-18-8-4-14-36(44)37-15-5-9-19-45(37)57/h2-30H. The van der Waals surface area contributed by atoms with Crippen molar-refractivity contribution in [3.8, 4) is 23.1 Å². The normalized spacial score (nSPS) is 12.0. The molecule has 0 fully saturated rings. The van der Waals surface area contributed by atoms with E-state index >= 15 is 0 Å². The molecule has 6 heteroatoms. The molecule has 9 aromatic carbocycles. The van der Waals surface area contributed by atoms with Crippen LogP contribution in [0.3, 0.4) is 0 Å². The molecule has 0 radical (unpaired) electrons. The van der Waals surface area contributed by atoms with Crippen LogP contribution >= 0.6 is 0 Å². The third kappa shape index (κ3) is 4.29. The van der Waals surface area contributed by atoms with E-state index in [2.05, 4.69) is 158 Å². The lowest BCUT2D eigenvalue weighted by Crippen LogP contribution is -2.02. The second-order valence-electron chi connectivity index (χ2n) is 15.5. The molecule has 4 aromatic heterocycles. The van der Waals surface area contributed by atoms with Crippen LogP contribution in [0.15, 0.2) is 180 Å². The highest BCUT2D eigenvalue weighted by molar-refractivity contribution is 6.22. The van der Waals surface area contributed by atoms with E-state index in [1.54, 1.807) is 0 Å². The Balaban J connectivity index is 1.10. The number of aromatic nitrogens is 3. The van der Waals surface area contributed by atoms with Gasteiger partial charge in [-0.2, -0.15) is 5.26 Å². The van der Waals surface area contributed by atoms with Crippen molar-refractivity contribution in [3.05, 3.63) is 193 Å². The first kappa shape index (κ1) is 32.5. The van der Waals surface area contributed by atoms with Crippen LogP contribution in [0.1, 0.15) is 5.56 Å². The van der Waals surface area contributed by atoms with Crippen molar-refractivity contribution < 1.29 is 4.42 Å². The Hall–Kier alpha value is -8.58. The molecule has 0 aliphatic rings. The second kappa shape index (κ2) is 12.0. The zero-order chi connectivity index (χ0) is 39.6. The summed E-state index contributed by atoms with van der Waals surface area (Å²) in [5.74, 6) is 0. The second-order valence-corrected chi connectivity index (χ2v) is 15.5. The topological polar surface area (TPSA) is 56.1 Å². The quantitative estimate of drug-likeness (QED) is 0.168. The highest BCUT2D eigenvalue weighted by Gasteiger charge is 2.23. The smallest absolute Gasteiger partial charge is 0.212 e. The van der Waals surface area contributed by atoms with E-state index in [0.717, 1.165) is 93.0 Å². The van der Waals surface area contributed by atoms with Gasteiger partial charge >= 0.3 is 0 Å². The SMILES string of the molecule is [C-]#[N+]c1cc(-n2c3ccc(-n4c5ccccc5c5ccccc54)cc3c3c4ccccc4ccc32)c(C#N)cc1-n1c2ccccc2c2cc3c(cc21)oc1ccccc13. The van der Waals surface area contributed by atoms with Crippen molar-refractivity contribution in [1.29, 1.82) is 5.26 Å². The Morgan fingerprint density at radius 2 is 1.03 bits per heavy atom. The fourth-order valence-electron chi connectivity index (χ4n) is 9.93. The minimum absolute atomic E-state index is 0.439. The van der Waals surface area contributed by atoms with E-state index in [1.165, 1.54) is 10.8 Å². The number of benzene rings is 9. The van der Waals surface area contributed by atoms with Gasteiger partial charge in [-0.1, -0.05) is 103 Å². The Bertz CT molecular complexity index is 4050. The molecule has 4 heterocycles. The van der Waals surface area contributed by atoms with Crippen LogP contribution in [-0.2, 0) is 0 Å². The van der Waals surface area contributed by atoms with Gasteiger partial charge in [0.05, 0.1) is 56.6 Å². The molecule has 0 atom stereocenters. The summed E-state index contributed by atoms with van der Waals surface area (Å²) in [6.07, 6.45) is 0. The molecule has 0 aliphatic heterocycles. The third-order valence-electron chi connectivity index (χ3n) is 12.5. The number of para-hydroxylation sites is 4.